The van der Waals surface area contributed by atoms with Crippen LogP contribution in [-0.4, -0.2) is 43.7 Å². The van der Waals surface area contributed by atoms with Gasteiger partial charge >= 0.3 is 6.36 Å². The van der Waals surface area contributed by atoms with Crippen molar-refractivity contribution in [3.8, 4) is 5.75 Å². The third kappa shape index (κ3) is 4.93. The van der Waals surface area contributed by atoms with Gasteiger partial charge in [-0.2, -0.15) is 0 Å². The van der Waals surface area contributed by atoms with Crippen LogP contribution < -0.4 is 10.1 Å². The van der Waals surface area contributed by atoms with E-state index in [0.29, 0.717) is 0 Å². The van der Waals surface area contributed by atoms with Crippen LogP contribution in [0.15, 0.2) is 53.4 Å². The Labute approximate surface area is 155 Å². The van der Waals surface area contributed by atoms with Crippen molar-refractivity contribution < 1.29 is 17.9 Å². The predicted molar refractivity (Wildman–Crippen MR) is 97.6 cm³/mol. The molecule has 0 unspecified atom stereocenters. The predicted octanol–water partition coefficient (Wildman–Crippen LogP) is 4.30. The van der Waals surface area contributed by atoms with Crippen LogP contribution in [0.2, 0.25) is 0 Å². The number of rotatable bonds is 5. The van der Waals surface area contributed by atoms with Crippen molar-refractivity contribution in [1.82, 2.24) is 10.2 Å². The minimum Gasteiger partial charge on any atom is -0.406 e. The van der Waals surface area contributed by atoms with Crippen molar-refractivity contribution >= 4 is 11.8 Å². The molecule has 0 saturated carbocycles. The lowest BCUT2D eigenvalue weighted by molar-refractivity contribution is -0.274. The summed E-state index contributed by atoms with van der Waals surface area (Å²) in [6.07, 6.45) is -2.64. The Balaban J connectivity index is 1.89. The Kier molecular flexibility index (Phi) is 6.11. The second-order valence-electron chi connectivity index (χ2n) is 6.08. The average molecular weight is 382 g/mol. The van der Waals surface area contributed by atoms with Crippen molar-refractivity contribution in [3.63, 3.8) is 0 Å². The molecule has 3 nitrogen and oxygen atoms in total. The minimum atomic E-state index is -4.67. The summed E-state index contributed by atoms with van der Waals surface area (Å²) in [6.45, 7) is 3.56. The molecule has 7 heteroatoms. The number of ether oxygens (including phenoxy) is 1. The first kappa shape index (κ1) is 19.1. The largest absolute Gasteiger partial charge is 0.573 e. The summed E-state index contributed by atoms with van der Waals surface area (Å²) in [4.78, 5) is 3.53. The summed E-state index contributed by atoms with van der Waals surface area (Å²) < 4.78 is 41.2. The number of thioether (sulfide) groups is 1. The van der Waals surface area contributed by atoms with E-state index < -0.39 is 6.36 Å². The molecule has 1 aliphatic heterocycles. The van der Waals surface area contributed by atoms with Crippen molar-refractivity contribution in [2.24, 2.45) is 0 Å². The summed E-state index contributed by atoms with van der Waals surface area (Å²) >= 11 is 1.68. The van der Waals surface area contributed by atoms with Gasteiger partial charge < -0.3 is 10.1 Å². The maximum atomic E-state index is 12.4. The van der Waals surface area contributed by atoms with Crippen molar-refractivity contribution in [2.45, 2.75) is 17.3 Å². The van der Waals surface area contributed by atoms with Gasteiger partial charge in [-0.1, -0.05) is 24.3 Å². The van der Waals surface area contributed by atoms with E-state index in [-0.39, 0.29) is 11.8 Å². The molecule has 0 spiro atoms. The SMILES string of the molecule is CSc1ccc([C@@H](c2ccc(OC(F)(F)F)cc2)N2CCNCC2)cc1. The summed E-state index contributed by atoms with van der Waals surface area (Å²) in [5, 5.41) is 3.34. The van der Waals surface area contributed by atoms with Crippen molar-refractivity contribution in [1.29, 1.82) is 0 Å². The Hall–Kier alpha value is -1.70. The second kappa shape index (κ2) is 8.33. The van der Waals surface area contributed by atoms with Gasteiger partial charge in [0.2, 0.25) is 0 Å². The van der Waals surface area contributed by atoms with Gasteiger partial charge in [0, 0.05) is 31.1 Å². The van der Waals surface area contributed by atoms with E-state index in [4.69, 9.17) is 0 Å². The minimum absolute atomic E-state index is 0.00735. The molecule has 0 amide bonds. The fourth-order valence-corrected chi connectivity index (χ4v) is 3.60. The maximum Gasteiger partial charge on any atom is 0.573 e. The molecule has 1 N–H and O–H groups in total. The molecule has 1 fully saturated rings. The molecule has 140 valence electrons. The number of hydrogen-bond donors (Lipinski definition) is 1. The standard InChI is InChI=1S/C19H21F3N2OS/c1-26-17-8-4-15(5-9-17)18(24-12-10-23-11-13-24)14-2-6-16(7-3-14)25-19(20,21)22/h2-9,18,23H,10-13H2,1H3/t18-/m1/s1. The molecular weight excluding hydrogens is 361 g/mol. The number of nitrogens with one attached hydrogen (secondary N) is 1. The Bertz CT molecular complexity index is 698. The molecule has 1 aliphatic rings. The lowest BCUT2D eigenvalue weighted by Gasteiger charge is -2.35. The Morgan fingerprint density at radius 2 is 1.50 bits per heavy atom. The molecule has 1 atom stereocenters. The first-order valence-corrected chi connectivity index (χ1v) is 9.63. The van der Waals surface area contributed by atoms with Gasteiger partial charge in [-0.25, -0.2) is 0 Å². The van der Waals surface area contributed by atoms with E-state index in [1.807, 2.05) is 6.26 Å². The summed E-state index contributed by atoms with van der Waals surface area (Å²) in [7, 11) is 0. The topological polar surface area (TPSA) is 24.5 Å². The van der Waals surface area contributed by atoms with Crippen LogP contribution in [0.4, 0.5) is 13.2 Å². The lowest BCUT2D eigenvalue weighted by Crippen LogP contribution is -2.45. The second-order valence-corrected chi connectivity index (χ2v) is 6.96. The third-order valence-corrected chi connectivity index (χ3v) is 5.12. The molecule has 26 heavy (non-hydrogen) atoms. The quantitative estimate of drug-likeness (QED) is 0.780. The van der Waals surface area contributed by atoms with Crippen LogP contribution in [0.1, 0.15) is 17.2 Å². The summed E-state index contributed by atoms with van der Waals surface area (Å²) in [5.74, 6) is -0.196. The van der Waals surface area contributed by atoms with Gasteiger partial charge in [-0.05, 0) is 41.6 Å². The Morgan fingerprint density at radius 3 is 2.00 bits per heavy atom. The average Bonchev–Trinajstić information content (AvgIpc) is 2.64. The highest BCUT2D eigenvalue weighted by Gasteiger charge is 2.31. The lowest BCUT2D eigenvalue weighted by atomic mass is 9.96. The number of nitrogens with zero attached hydrogens (tertiary/aromatic N) is 1. The Morgan fingerprint density at radius 1 is 0.962 bits per heavy atom. The summed E-state index contributed by atoms with van der Waals surface area (Å²) in [5.41, 5.74) is 2.09. The first-order chi connectivity index (χ1) is 12.5. The highest BCUT2D eigenvalue weighted by atomic mass is 32.2. The number of piperazine rings is 1. The van der Waals surface area contributed by atoms with Crippen LogP contribution in [0.5, 0.6) is 5.75 Å². The normalized spacial score (nSPS) is 17.1. The molecule has 0 aromatic heterocycles. The van der Waals surface area contributed by atoms with E-state index in [9.17, 15) is 13.2 Å². The number of benzene rings is 2. The fraction of sp³-hybridized carbons (Fsp3) is 0.368. The van der Waals surface area contributed by atoms with Gasteiger partial charge in [-0.15, -0.1) is 24.9 Å². The smallest absolute Gasteiger partial charge is 0.406 e. The molecule has 1 heterocycles. The molecular formula is C19H21F3N2OS. The number of halogens is 3. The van der Waals surface area contributed by atoms with Crippen LogP contribution >= 0.6 is 11.8 Å². The maximum absolute atomic E-state index is 12.4. The molecule has 2 aromatic rings. The van der Waals surface area contributed by atoms with Crippen molar-refractivity contribution in [3.05, 3.63) is 59.7 Å². The molecule has 3 rings (SSSR count). The first-order valence-electron chi connectivity index (χ1n) is 8.41. The zero-order valence-electron chi connectivity index (χ0n) is 14.4. The van der Waals surface area contributed by atoms with Crippen LogP contribution in [0, 0.1) is 0 Å². The van der Waals surface area contributed by atoms with Gasteiger partial charge in [0.25, 0.3) is 0 Å². The van der Waals surface area contributed by atoms with Gasteiger partial charge in [0.1, 0.15) is 5.75 Å². The van der Waals surface area contributed by atoms with Crippen LogP contribution in [0.25, 0.3) is 0 Å². The van der Waals surface area contributed by atoms with Gasteiger partial charge in [0.15, 0.2) is 0 Å². The van der Waals surface area contributed by atoms with E-state index >= 15 is 0 Å². The van der Waals surface area contributed by atoms with Gasteiger partial charge in [-0.3, -0.25) is 4.90 Å². The molecule has 0 aliphatic carbocycles. The molecule has 1 saturated heterocycles. The van der Waals surface area contributed by atoms with E-state index in [1.165, 1.54) is 17.0 Å². The number of hydrogen-bond acceptors (Lipinski definition) is 4. The van der Waals surface area contributed by atoms with Gasteiger partial charge in [0.05, 0.1) is 6.04 Å². The molecule has 0 bridgehead atoms. The third-order valence-electron chi connectivity index (χ3n) is 4.38. The fourth-order valence-electron chi connectivity index (χ4n) is 3.19. The van der Waals surface area contributed by atoms with E-state index in [1.54, 1.807) is 23.9 Å². The number of alkyl halides is 3. The zero-order chi connectivity index (χ0) is 18.6. The van der Waals surface area contributed by atoms with Crippen LogP contribution in [0.3, 0.4) is 0 Å². The highest BCUT2D eigenvalue weighted by molar-refractivity contribution is 7.98. The monoisotopic (exact) mass is 382 g/mol. The molecule has 0 radical (unpaired) electrons. The van der Waals surface area contributed by atoms with E-state index in [2.05, 4.69) is 39.2 Å². The van der Waals surface area contributed by atoms with Crippen molar-refractivity contribution in [2.75, 3.05) is 32.4 Å². The zero-order valence-corrected chi connectivity index (χ0v) is 15.2. The summed E-state index contributed by atoms with van der Waals surface area (Å²) in [6, 6.07) is 14.6. The van der Waals surface area contributed by atoms with E-state index in [0.717, 1.165) is 37.3 Å². The highest BCUT2D eigenvalue weighted by Crippen LogP contribution is 2.32. The molecule has 2 aromatic carbocycles. The van der Waals surface area contributed by atoms with Crippen LogP contribution in [-0.2, 0) is 0 Å².